The zero-order valence-corrected chi connectivity index (χ0v) is 13.5. The number of nitro benzene ring substituents is 1. The van der Waals surface area contributed by atoms with Crippen molar-refractivity contribution < 1.29 is 14.5 Å². The number of nitrogens with one attached hydrogen (secondary N) is 1. The lowest BCUT2D eigenvalue weighted by Gasteiger charge is -1.96. The zero-order chi connectivity index (χ0) is 17.8. The number of amides is 2. The minimum atomic E-state index is -0.505. The second-order valence-corrected chi connectivity index (χ2v) is 6.04. The van der Waals surface area contributed by atoms with Crippen LogP contribution in [0.25, 0.3) is 6.08 Å². The fraction of sp³-hybridized carbons (Fsp3) is 0. The van der Waals surface area contributed by atoms with E-state index >= 15 is 0 Å². The van der Waals surface area contributed by atoms with Gasteiger partial charge in [-0.15, -0.1) is 0 Å². The Bertz CT molecular complexity index is 923. The minimum Gasteiger partial charge on any atom is -0.300 e. The lowest BCUT2D eigenvalue weighted by atomic mass is 10.2. The number of nitrogens with zero attached hydrogens (tertiary/aromatic N) is 2. The summed E-state index contributed by atoms with van der Waals surface area (Å²) in [4.78, 5) is 38.5. The van der Waals surface area contributed by atoms with Crippen LogP contribution in [-0.2, 0) is 4.79 Å². The van der Waals surface area contributed by atoms with E-state index in [0.717, 1.165) is 11.8 Å². The van der Waals surface area contributed by atoms with Crippen molar-refractivity contribution in [2.24, 2.45) is 4.99 Å². The molecule has 124 valence electrons. The molecule has 1 aliphatic heterocycles. The Morgan fingerprint density at radius 1 is 1.16 bits per heavy atom. The summed E-state index contributed by atoms with van der Waals surface area (Å²) in [5.41, 5.74) is 0.870. The molecule has 1 N–H and O–H groups in total. The normalized spacial score (nSPS) is 16.9. The summed E-state index contributed by atoms with van der Waals surface area (Å²) in [6.45, 7) is 0. The maximum Gasteiger partial charge on any atom is 0.279 e. The van der Waals surface area contributed by atoms with Crippen LogP contribution >= 0.6 is 11.8 Å². The molecule has 1 saturated heterocycles. The highest BCUT2D eigenvalue weighted by molar-refractivity contribution is 8.18. The molecule has 2 aromatic carbocycles. The van der Waals surface area contributed by atoms with Gasteiger partial charge in [-0.05, 0) is 35.5 Å². The number of thioether (sulfide) groups is 1. The molecule has 2 amide bonds. The van der Waals surface area contributed by atoms with E-state index in [1.807, 2.05) is 0 Å². The quantitative estimate of drug-likeness (QED) is 0.519. The van der Waals surface area contributed by atoms with E-state index in [0.29, 0.717) is 16.0 Å². The van der Waals surface area contributed by atoms with Gasteiger partial charge >= 0.3 is 0 Å². The predicted octanol–water partition coefficient (Wildman–Crippen LogP) is 3.00. The summed E-state index contributed by atoms with van der Waals surface area (Å²) >= 11 is 1.01. The maximum atomic E-state index is 12.0. The Hall–Kier alpha value is -3.26. The number of hydrogen-bond donors (Lipinski definition) is 1. The van der Waals surface area contributed by atoms with Crippen LogP contribution in [0.2, 0.25) is 0 Å². The highest BCUT2D eigenvalue weighted by Gasteiger charge is 2.25. The van der Waals surface area contributed by atoms with Gasteiger partial charge in [0.15, 0.2) is 5.17 Å². The van der Waals surface area contributed by atoms with E-state index in [1.54, 1.807) is 36.4 Å². The Morgan fingerprint density at radius 2 is 1.92 bits per heavy atom. The van der Waals surface area contributed by atoms with Gasteiger partial charge in [-0.25, -0.2) is 0 Å². The third kappa shape index (κ3) is 3.99. The molecule has 0 unspecified atom stereocenters. The van der Waals surface area contributed by atoms with Crippen LogP contribution in [0.5, 0.6) is 0 Å². The molecule has 0 aromatic heterocycles. The molecule has 1 aliphatic rings. The summed E-state index contributed by atoms with van der Waals surface area (Å²) in [7, 11) is 0. The van der Waals surface area contributed by atoms with Crippen LogP contribution in [0, 0.1) is 10.1 Å². The summed E-state index contributed by atoms with van der Waals surface area (Å²) in [6.07, 6.45) is 1.52. The van der Waals surface area contributed by atoms with E-state index < -0.39 is 16.7 Å². The molecule has 25 heavy (non-hydrogen) atoms. The van der Waals surface area contributed by atoms with Gasteiger partial charge in [0.1, 0.15) is 0 Å². The molecule has 1 heterocycles. The molecule has 8 heteroatoms. The van der Waals surface area contributed by atoms with E-state index in [-0.39, 0.29) is 10.9 Å². The highest BCUT2D eigenvalue weighted by atomic mass is 32.2. The first-order valence-electron chi connectivity index (χ1n) is 7.16. The van der Waals surface area contributed by atoms with Crippen LogP contribution in [0.4, 0.5) is 5.69 Å². The van der Waals surface area contributed by atoms with Gasteiger partial charge < -0.3 is 5.32 Å². The average molecular weight is 353 g/mol. The lowest BCUT2D eigenvalue weighted by molar-refractivity contribution is -0.384. The monoisotopic (exact) mass is 353 g/mol. The second kappa shape index (κ2) is 7.10. The molecule has 0 bridgehead atoms. The van der Waals surface area contributed by atoms with Gasteiger partial charge in [0.05, 0.1) is 9.83 Å². The van der Waals surface area contributed by atoms with Crippen molar-refractivity contribution in [3.8, 4) is 0 Å². The smallest absolute Gasteiger partial charge is 0.279 e. The van der Waals surface area contributed by atoms with Crippen LogP contribution < -0.4 is 5.32 Å². The Kier molecular flexibility index (Phi) is 4.71. The van der Waals surface area contributed by atoms with Gasteiger partial charge in [-0.2, -0.15) is 4.99 Å². The van der Waals surface area contributed by atoms with Crippen molar-refractivity contribution in [2.75, 3.05) is 0 Å². The lowest BCUT2D eigenvalue weighted by Crippen LogP contribution is -2.20. The van der Waals surface area contributed by atoms with E-state index in [2.05, 4.69) is 10.3 Å². The van der Waals surface area contributed by atoms with Gasteiger partial charge in [0, 0.05) is 17.7 Å². The Labute approximate surface area is 146 Å². The van der Waals surface area contributed by atoms with Crippen molar-refractivity contribution in [2.45, 2.75) is 0 Å². The Morgan fingerprint density at radius 3 is 2.64 bits per heavy atom. The first kappa shape index (κ1) is 16.6. The molecule has 3 rings (SSSR count). The number of nitro groups is 1. The number of carbonyl (C=O) groups is 2. The minimum absolute atomic E-state index is 0.0640. The first-order chi connectivity index (χ1) is 12.0. The van der Waals surface area contributed by atoms with Crippen molar-refractivity contribution >= 4 is 40.5 Å². The molecule has 1 fully saturated rings. The number of carbonyl (C=O) groups excluding carboxylic acids is 2. The zero-order valence-electron chi connectivity index (χ0n) is 12.7. The van der Waals surface area contributed by atoms with Gasteiger partial charge in [0.25, 0.3) is 17.5 Å². The molecular weight excluding hydrogens is 342 g/mol. The summed E-state index contributed by atoms with van der Waals surface area (Å²) in [5, 5.41) is 13.5. The van der Waals surface area contributed by atoms with Gasteiger partial charge in [0.2, 0.25) is 0 Å². The van der Waals surface area contributed by atoms with E-state index in [9.17, 15) is 19.7 Å². The molecule has 7 nitrogen and oxygen atoms in total. The fourth-order valence-electron chi connectivity index (χ4n) is 2.10. The van der Waals surface area contributed by atoms with E-state index in [1.165, 1.54) is 24.3 Å². The molecule has 0 spiro atoms. The van der Waals surface area contributed by atoms with Crippen molar-refractivity contribution in [3.63, 3.8) is 0 Å². The van der Waals surface area contributed by atoms with E-state index in [4.69, 9.17) is 0 Å². The average Bonchev–Trinajstić information content (AvgIpc) is 2.95. The summed E-state index contributed by atoms with van der Waals surface area (Å²) in [6, 6.07) is 14.4. The van der Waals surface area contributed by atoms with Crippen molar-refractivity contribution in [3.05, 3.63) is 80.7 Å². The number of hydrogen-bond acceptors (Lipinski definition) is 5. The number of benzene rings is 2. The number of amidine groups is 1. The molecule has 0 atom stereocenters. The summed E-state index contributed by atoms with van der Waals surface area (Å²) < 4.78 is 0. The highest BCUT2D eigenvalue weighted by Crippen LogP contribution is 2.27. The second-order valence-electron chi connectivity index (χ2n) is 5.01. The third-order valence-corrected chi connectivity index (χ3v) is 4.16. The van der Waals surface area contributed by atoms with Crippen LogP contribution in [0.15, 0.2) is 64.5 Å². The molecule has 2 aromatic rings. The maximum absolute atomic E-state index is 12.0. The number of rotatable bonds is 3. The predicted molar refractivity (Wildman–Crippen MR) is 95.0 cm³/mol. The third-order valence-electron chi connectivity index (χ3n) is 3.25. The Balaban J connectivity index is 1.81. The first-order valence-corrected chi connectivity index (χ1v) is 7.98. The largest absolute Gasteiger partial charge is 0.300 e. The number of non-ortho nitro benzene ring substituents is 1. The topological polar surface area (TPSA) is 102 Å². The molecular formula is C17H11N3O4S. The van der Waals surface area contributed by atoms with Crippen LogP contribution in [-0.4, -0.2) is 21.9 Å². The summed E-state index contributed by atoms with van der Waals surface area (Å²) in [5.74, 6) is -0.865. The SMILES string of the molecule is O=C1NC(=NC(=O)c2ccccc2)S/C1=C\c1cccc([N+](=O)[O-])c1. The van der Waals surface area contributed by atoms with Crippen LogP contribution in [0.3, 0.4) is 0 Å². The van der Waals surface area contributed by atoms with Gasteiger partial charge in [-0.1, -0.05) is 30.3 Å². The molecule has 0 radical (unpaired) electrons. The molecule has 0 saturated carbocycles. The van der Waals surface area contributed by atoms with Crippen molar-refractivity contribution in [1.82, 2.24) is 5.32 Å². The number of aliphatic imine (C=N–C) groups is 1. The van der Waals surface area contributed by atoms with Crippen molar-refractivity contribution in [1.29, 1.82) is 0 Å². The fourth-order valence-corrected chi connectivity index (χ4v) is 2.92. The molecule has 0 aliphatic carbocycles. The van der Waals surface area contributed by atoms with Gasteiger partial charge in [-0.3, -0.25) is 19.7 Å². The van der Waals surface area contributed by atoms with Crippen LogP contribution in [0.1, 0.15) is 15.9 Å². The standard InChI is InChI=1S/C17H11N3O4S/c21-15(12-6-2-1-3-7-12)18-17-19-16(22)14(25-17)10-11-5-4-8-13(9-11)20(23)24/h1-10H,(H,18,19,21,22)/b14-10-.